The van der Waals surface area contributed by atoms with E-state index in [1.165, 1.54) is 39.5 Å². The van der Waals surface area contributed by atoms with E-state index in [0.29, 0.717) is 5.41 Å². The van der Waals surface area contributed by atoms with Crippen LogP contribution in [0.2, 0.25) is 0 Å². The van der Waals surface area contributed by atoms with Gasteiger partial charge in [0.2, 0.25) is 0 Å². The lowest BCUT2D eigenvalue weighted by Crippen LogP contribution is -2.10. The van der Waals surface area contributed by atoms with Crippen molar-refractivity contribution in [3.63, 3.8) is 0 Å². The van der Waals surface area contributed by atoms with E-state index in [-0.39, 0.29) is 0 Å². The topological polar surface area (TPSA) is 0 Å². The van der Waals surface area contributed by atoms with Gasteiger partial charge in [-0.25, -0.2) is 0 Å². The molecule has 1 rings (SSSR count). The van der Waals surface area contributed by atoms with Gasteiger partial charge in [0.25, 0.3) is 0 Å². The van der Waals surface area contributed by atoms with Crippen LogP contribution in [0.1, 0.15) is 49.6 Å². The van der Waals surface area contributed by atoms with E-state index in [1.807, 2.05) is 11.3 Å². The lowest BCUT2D eigenvalue weighted by molar-refractivity contribution is 0.323. The molecule has 0 atom stereocenters. The number of thiol groups is 1. The van der Waals surface area contributed by atoms with Crippen molar-refractivity contribution in [1.82, 2.24) is 0 Å². The van der Waals surface area contributed by atoms with Gasteiger partial charge in [0, 0.05) is 4.88 Å². The molecule has 0 N–H and O–H groups in total. The van der Waals surface area contributed by atoms with Crippen molar-refractivity contribution < 1.29 is 0 Å². The maximum Gasteiger partial charge on any atom is 0.0602 e. The Labute approximate surface area is 104 Å². The van der Waals surface area contributed by atoms with Crippen molar-refractivity contribution in [2.75, 3.05) is 0 Å². The molecule has 0 bridgehead atoms. The van der Waals surface area contributed by atoms with Gasteiger partial charge in [-0.1, -0.05) is 27.2 Å². The van der Waals surface area contributed by atoms with Crippen LogP contribution in [-0.2, 0) is 6.42 Å². The summed E-state index contributed by atoms with van der Waals surface area (Å²) in [4.78, 5) is 1.53. The highest BCUT2D eigenvalue weighted by Crippen LogP contribution is 2.34. The largest absolute Gasteiger partial charge is 0.134 e. The zero-order chi connectivity index (χ0) is 11.6. The summed E-state index contributed by atoms with van der Waals surface area (Å²) < 4.78 is 1.19. The summed E-state index contributed by atoms with van der Waals surface area (Å²) in [5.74, 6) is 0. The SMILES string of the molecule is CCC(C)(C)CCc1sc(S)c(C)c1C. The molecule has 0 fully saturated rings. The number of aryl methyl sites for hydroxylation is 1. The molecule has 0 nitrogen and oxygen atoms in total. The molecule has 1 aromatic rings. The first-order valence-electron chi connectivity index (χ1n) is 5.65. The molecule has 2 heteroatoms. The fourth-order valence-electron chi connectivity index (χ4n) is 1.51. The Kier molecular flexibility index (Phi) is 4.30. The van der Waals surface area contributed by atoms with Crippen LogP contribution in [0, 0.1) is 19.3 Å². The second kappa shape index (κ2) is 4.92. The summed E-state index contributed by atoms with van der Waals surface area (Å²) >= 11 is 6.35. The van der Waals surface area contributed by atoms with Gasteiger partial charge in [-0.15, -0.1) is 24.0 Å². The molecule has 0 aromatic carbocycles. The van der Waals surface area contributed by atoms with Gasteiger partial charge in [-0.2, -0.15) is 0 Å². The second-order valence-corrected chi connectivity index (χ2v) is 6.95. The third kappa shape index (κ3) is 3.25. The van der Waals surface area contributed by atoms with E-state index in [4.69, 9.17) is 0 Å². The van der Waals surface area contributed by atoms with E-state index >= 15 is 0 Å². The van der Waals surface area contributed by atoms with E-state index in [9.17, 15) is 0 Å². The molecule has 1 heterocycles. The highest BCUT2D eigenvalue weighted by Gasteiger charge is 2.17. The van der Waals surface area contributed by atoms with Crippen molar-refractivity contribution in [2.45, 2.75) is 58.1 Å². The number of rotatable bonds is 4. The monoisotopic (exact) mass is 242 g/mol. The van der Waals surface area contributed by atoms with Crippen LogP contribution in [0.15, 0.2) is 4.21 Å². The Hall–Kier alpha value is 0.0500. The van der Waals surface area contributed by atoms with Gasteiger partial charge in [0.1, 0.15) is 0 Å². The minimum Gasteiger partial charge on any atom is -0.134 e. The molecule has 86 valence electrons. The lowest BCUT2D eigenvalue weighted by atomic mass is 9.85. The van der Waals surface area contributed by atoms with Crippen molar-refractivity contribution >= 4 is 24.0 Å². The first-order chi connectivity index (χ1) is 6.87. The van der Waals surface area contributed by atoms with Crippen molar-refractivity contribution in [1.29, 1.82) is 0 Å². The van der Waals surface area contributed by atoms with Crippen LogP contribution >= 0.6 is 24.0 Å². The summed E-state index contributed by atoms with van der Waals surface area (Å²) in [6, 6.07) is 0. The van der Waals surface area contributed by atoms with Crippen molar-refractivity contribution in [3.05, 3.63) is 16.0 Å². The average molecular weight is 242 g/mol. The molecule has 0 saturated heterocycles. The normalized spacial score (nSPS) is 12.1. The van der Waals surface area contributed by atoms with E-state index in [0.717, 1.165) is 0 Å². The molecule has 0 saturated carbocycles. The van der Waals surface area contributed by atoms with E-state index in [2.05, 4.69) is 47.2 Å². The highest BCUT2D eigenvalue weighted by atomic mass is 32.2. The van der Waals surface area contributed by atoms with Gasteiger partial charge in [-0.3, -0.25) is 0 Å². The molecule has 0 spiro atoms. The third-order valence-corrected chi connectivity index (χ3v) is 5.37. The number of thiophene rings is 1. The Morgan fingerprint density at radius 3 is 2.20 bits per heavy atom. The molecule has 0 amide bonds. The second-order valence-electron chi connectivity index (χ2n) is 5.10. The molecule has 1 aromatic heterocycles. The van der Waals surface area contributed by atoms with Crippen LogP contribution in [0.4, 0.5) is 0 Å². The predicted octanol–water partition coefficient (Wildman–Crippen LogP) is 5.02. The standard InChI is InChI=1S/C13H22S2/c1-6-13(4,5)8-7-11-9(2)10(3)12(14)15-11/h14H,6-8H2,1-5H3. The lowest BCUT2D eigenvalue weighted by Gasteiger charge is -2.22. The van der Waals surface area contributed by atoms with Gasteiger partial charge >= 0.3 is 0 Å². The average Bonchev–Trinajstić information content (AvgIpc) is 2.43. The fraction of sp³-hybridized carbons (Fsp3) is 0.692. The zero-order valence-corrected chi connectivity index (χ0v) is 12.2. The number of hydrogen-bond donors (Lipinski definition) is 1. The minimum absolute atomic E-state index is 0.473. The first-order valence-corrected chi connectivity index (χ1v) is 6.91. The fourth-order valence-corrected chi connectivity index (χ4v) is 3.05. The molecular formula is C13H22S2. The third-order valence-electron chi connectivity index (χ3n) is 3.51. The Morgan fingerprint density at radius 2 is 1.80 bits per heavy atom. The Balaban J connectivity index is 2.70. The first kappa shape index (κ1) is 13.1. The minimum atomic E-state index is 0.473. The van der Waals surface area contributed by atoms with E-state index in [1.54, 1.807) is 0 Å². The summed E-state index contributed by atoms with van der Waals surface area (Å²) in [5.41, 5.74) is 3.30. The molecular weight excluding hydrogens is 220 g/mol. The summed E-state index contributed by atoms with van der Waals surface area (Å²) in [6.07, 6.45) is 3.74. The highest BCUT2D eigenvalue weighted by molar-refractivity contribution is 7.83. The molecule has 0 aliphatic carbocycles. The van der Waals surface area contributed by atoms with E-state index < -0.39 is 0 Å². The van der Waals surface area contributed by atoms with Gasteiger partial charge < -0.3 is 0 Å². The quantitative estimate of drug-likeness (QED) is 0.704. The molecule has 0 radical (unpaired) electrons. The summed E-state index contributed by atoms with van der Waals surface area (Å²) in [6.45, 7) is 11.4. The van der Waals surface area contributed by atoms with Crippen LogP contribution < -0.4 is 0 Å². The summed E-state index contributed by atoms with van der Waals surface area (Å²) in [7, 11) is 0. The van der Waals surface area contributed by atoms with Gasteiger partial charge in [0.15, 0.2) is 0 Å². The van der Waals surface area contributed by atoms with Crippen LogP contribution in [0.5, 0.6) is 0 Å². The zero-order valence-electron chi connectivity index (χ0n) is 10.5. The van der Waals surface area contributed by atoms with Crippen molar-refractivity contribution in [3.8, 4) is 0 Å². The maximum atomic E-state index is 4.50. The molecule has 0 aliphatic heterocycles. The van der Waals surface area contributed by atoms with Gasteiger partial charge in [0.05, 0.1) is 4.21 Å². The maximum absolute atomic E-state index is 4.50. The van der Waals surface area contributed by atoms with Crippen molar-refractivity contribution in [2.24, 2.45) is 5.41 Å². The molecule has 0 unspecified atom stereocenters. The predicted molar refractivity (Wildman–Crippen MR) is 73.4 cm³/mol. The Morgan fingerprint density at radius 1 is 1.20 bits per heavy atom. The summed E-state index contributed by atoms with van der Waals surface area (Å²) in [5, 5.41) is 0. The molecule has 0 aliphatic rings. The van der Waals surface area contributed by atoms with Crippen LogP contribution in [0.25, 0.3) is 0 Å². The smallest absolute Gasteiger partial charge is 0.0602 e. The van der Waals surface area contributed by atoms with Gasteiger partial charge in [-0.05, 0) is 43.2 Å². The Bertz CT molecular complexity index is 335. The molecule has 15 heavy (non-hydrogen) atoms. The number of hydrogen-bond acceptors (Lipinski definition) is 2. The van der Waals surface area contributed by atoms with Crippen LogP contribution in [-0.4, -0.2) is 0 Å². The van der Waals surface area contributed by atoms with Crippen LogP contribution in [0.3, 0.4) is 0 Å².